The average Bonchev–Trinajstić information content (AvgIpc) is 2.66. The second-order valence-electron chi connectivity index (χ2n) is 7.17. The van der Waals surface area contributed by atoms with Crippen LogP contribution in [-0.4, -0.2) is 51.4 Å². The molecule has 2 rings (SSSR count). The molecule has 1 aromatic carbocycles. The van der Waals surface area contributed by atoms with Crippen LogP contribution < -0.4 is 10.1 Å². The maximum absolute atomic E-state index is 12.5. The maximum Gasteiger partial charge on any atom is 0.317 e. The molecule has 140 valence electrons. The van der Waals surface area contributed by atoms with Gasteiger partial charge in [0.25, 0.3) is 0 Å². The monoisotopic (exact) mass is 348 g/mol. The molecule has 5 heteroatoms. The zero-order valence-electron chi connectivity index (χ0n) is 16.0. The van der Waals surface area contributed by atoms with Gasteiger partial charge < -0.3 is 19.7 Å². The van der Waals surface area contributed by atoms with E-state index in [0.29, 0.717) is 12.5 Å². The van der Waals surface area contributed by atoms with Crippen molar-refractivity contribution in [2.24, 2.45) is 5.92 Å². The number of ether oxygens (including phenoxy) is 2. The summed E-state index contributed by atoms with van der Waals surface area (Å²) in [4.78, 5) is 14.3. The van der Waals surface area contributed by atoms with Gasteiger partial charge in [0.15, 0.2) is 0 Å². The van der Waals surface area contributed by atoms with E-state index in [-0.39, 0.29) is 11.4 Å². The van der Waals surface area contributed by atoms with E-state index in [1.807, 2.05) is 19.2 Å². The summed E-state index contributed by atoms with van der Waals surface area (Å²) in [6, 6.07) is 8.20. The maximum atomic E-state index is 12.5. The van der Waals surface area contributed by atoms with Crippen molar-refractivity contribution in [3.63, 3.8) is 0 Å². The number of benzene rings is 1. The summed E-state index contributed by atoms with van der Waals surface area (Å²) < 4.78 is 10.8. The zero-order chi connectivity index (χ0) is 18.3. The van der Waals surface area contributed by atoms with Gasteiger partial charge in [-0.25, -0.2) is 4.79 Å². The number of urea groups is 1. The van der Waals surface area contributed by atoms with Crippen molar-refractivity contribution in [3.05, 3.63) is 29.8 Å². The van der Waals surface area contributed by atoms with E-state index in [2.05, 4.69) is 31.3 Å². The predicted molar refractivity (Wildman–Crippen MR) is 100 cm³/mol. The molecule has 1 fully saturated rings. The molecule has 0 radical (unpaired) electrons. The Morgan fingerprint density at radius 3 is 2.52 bits per heavy atom. The summed E-state index contributed by atoms with van der Waals surface area (Å²) >= 11 is 0. The van der Waals surface area contributed by atoms with E-state index in [4.69, 9.17) is 9.47 Å². The number of hydrogen-bond acceptors (Lipinski definition) is 3. The second-order valence-corrected chi connectivity index (χ2v) is 7.17. The van der Waals surface area contributed by atoms with E-state index in [1.54, 1.807) is 12.0 Å². The number of hydrogen-bond donors (Lipinski definition) is 1. The van der Waals surface area contributed by atoms with Gasteiger partial charge in [0.2, 0.25) is 0 Å². The molecule has 1 atom stereocenters. The van der Waals surface area contributed by atoms with Crippen molar-refractivity contribution in [1.29, 1.82) is 0 Å². The minimum Gasteiger partial charge on any atom is -0.497 e. The Morgan fingerprint density at radius 1 is 1.32 bits per heavy atom. The van der Waals surface area contributed by atoms with Crippen LogP contribution in [0, 0.1) is 5.92 Å². The van der Waals surface area contributed by atoms with Gasteiger partial charge >= 0.3 is 6.03 Å². The molecule has 0 spiro atoms. The summed E-state index contributed by atoms with van der Waals surface area (Å²) in [6.07, 6.45) is 2.90. The smallest absolute Gasteiger partial charge is 0.317 e. The van der Waals surface area contributed by atoms with Crippen molar-refractivity contribution >= 4 is 6.03 Å². The molecule has 1 aliphatic rings. The lowest BCUT2D eigenvalue weighted by atomic mass is 9.74. The molecule has 0 bridgehead atoms. The van der Waals surface area contributed by atoms with Crippen LogP contribution in [0.5, 0.6) is 5.75 Å². The molecular weight excluding hydrogens is 316 g/mol. The zero-order valence-corrected chi connectivity index (χ0v) is 16.0. The number of nitrogens with zero attached hydrogens (tertiary/aromatic N) is 1. The largest absolute Gasteiger partial charge is 0.497 e. The van der Waals surface area contributed by atoms with Gasteiger partial charge in [-0.05, 0) is 36.5 Å². The molecule has 0 unspecified atom stereocenters. The third-order valence-electron chi connectivity index (χ3n) is 5.36. The van der Waals surface area contributed by atoms with Gasteiger partial charge in [-0.2, -0.15) is 0 Å². The van der Waals surface area contributed by atoms with Crippen molar-refractivity contribution in [1.82, 2.24) is 10.2 Å². The van der Waals surface area contributed by atoms with Gasteiger partial charge in [-0.3, -0.25) is 0 Å². The highest BCUT2D eigenvalue weighted by molar-refractivity contribution is 5.74. The highest BCUT2D eigenvalue weighted by atomic mass is 16.5. The molecule has 2 amide bonds. The summed E-state index contributed by atoms with van der Waals surface area (Å²) in [5, 5.41) is 3.15. The first kappa shape index (κ1) is 19.6. The fraction of sp³-hybridized carbons (Fsp3) is 0.650. The first-order valence-electron chi connectivity index (χ1n) is 9.22. The minimum absolute atomic E-state index is 0.000298. The summed E-state index contributed by atoms with van der Waals surface area (Å²) in [6.45, 7) is 7.18. The molecule has 0 aliphatic carbocycles. The first-order valence-corrected chi connectivity index (χ1v) is 9.22. The Bertz CT molecular complexity index is 538. The molecular formula is C20H32N2O3. The molecule has 1 aliphatic heterocycles. The van der Waals surface area contributed by atoms with E-state index in [1.165, 1.54) is 5.56 Å². The fourth-order valence-electron chi connectivity index (χ4n) is 3.33. The second kappa shape index (κ2) is 9.09. The lowest BCUT2D eigenvalue weighted by molar-refractivity contribution is 0.0502. The van der Waals surface area contributed by atoms with Crippen molar-refractivity contribution in [3.8, 4) is 5.75 Å². The molecule has 1 heterocycles. The Balaban J connectivity index is 2.05. The van der Waals surface area contributed by atoms with E-state index >= 15 is 0 Å². The third-order valence-corrected chi connectivity index (χ3v) is 5.36. The number of carbonyl (C=O) groups excluding carboxylic acids is 1. The van der Waals surface area contributed by atoms with Crippen molar-refractivity contribution in [2.45, 2.75) is 38.5 Å². The number of rotatable bonds is 7. The highest BCUT2D eigenvalue weighted by Gasteiger charge is 2.35. The Labute approximate surface area is 151 Å². The van der Waals surface area contributed by atoms with Crippen LogP contribution in [0.2, 0.25) is 0 Å². The van der Waals surface area contributed by atoms with Crippen LogP contribution in [0.1, 0.15) is 38.7 Å². The van der Waals surface area contributed by atoms with E-state index in [9.17, 15) is 4.79 Å². The van der Waals surface area contributed by atoms with E-state index in [0.717, 1.165) is 44.8 Å². The van der Waals surface area contributed by atoms with Crippen LogP contribution in [-0.2, 0) is 10.2 Å². The fourth-order valence-corrected chi connectivity index (χ4v) is 3.33. The van der Waals surface area contributed by atoms with Crippen LogP contribution >= 0.6 is 0 Å². The van der Waals surface area contributed by atoms with Crippen molar-refractivity contribution in [2.75, 3.05) is 40.5 Å². The molecule has 5 nitrogen and oxygen atoms in total. The van der Waals surface area contributed by atoms with Gasteiger partial charge in [0.1, 0.15) is 5.75 Å². The highest BCUT2D eigenvalue weighted by Crippen LogP contribution is 2.35. The lowest BCUT2D eigenvalue weighted by Gasteiger charge is -2.38. The van der Waals surface area contributed by atoms with Gasteiger partial charge in [0, 0.05) is 38.8 Å². The van der Waals surface area contributed by atoms with Gasteiger partial charge in [0.05, 0.1) is 7.11 Å². The van der Waals surface area contributed by atoms with Crippen LogP contribution in [0.15, 0.2) is 24.3 Å². The SMILES string of the molecule is CC[C@@H](C)CN(C)C(=O)NCC1(c2ccc(OC)cc2)CCOCC1. The van der Waals surface area contributed by atoms with Gasteiger partial charge in [-0.1, -0.05) is 32.4 Å². The Morgan fingerprint density at radius 2 is 1.96 bits per heavy atom. The predicted octanol–water partition coefficient (Wildman–Crippen LogP) is 3.43. The van der Waals surface area contributed by atoms with Crippen molar-refractivity contribution < 1.29 is 14.3 Å². The molecule has 0 aromatic heterocycles. The lowest BCUT2D eigenvalue weighted by Crippen LogP contribution is -2.48. The topological polar surface area (TPSA) is 50.8 Å². The minimum atomic E-state index is -0.0720. The number of methoxy groups -OCH3 is 1. The summed E-state index contributed by atoms with van der Waals surface area (Å²) in [5.41, 5.74) is 1.17. The number of carbonyl (C=O) groups is 1. The summed E-state index contributed by atoms with van der Waals surface area (Å²) in [7, 11) is 3.54. The number of nitrogens with one attached hydrogen (secondary N) is 1. The van der Waals surface area contributed by atoms with Crippen LogP contribution in [0.4, 0.5) is 4.79 Å². The van der Waals surface area contributed by atoms with Crippen LogP contribution in [0.3, 0.4) is 0 Å². The quantitative estimate of drug-likeness (QED) is 0.821. The summed E-state index contributed by atoms with van der Waals surface area (Å²) in [5.74, 6) is 1.36. The molecule has 1 aromatic rings. The molecule has 0 saturated carbocycles. The Kier molecular flexibility index (Phi) is 7.12. The molecule has 1 N–H and O–H groups in total. The van der Waals surface area contributed by atoms with Gasteiger partial charge in [-0.15, -0.1) is 0 Å². The normalized spacial score (nSPS) is 17.6. The third kappa shape index (κ3) is 5.11. The standard InChI is InChI=1S/C20H32N2O3/c1-5-16(2)14-22(3)19(23)21-15-20(10-12-25-13-11-20)17-6-8-18(24-4)9-7-17/h6-9,16H,5,10-15H2,1-4H3,(H,21,23)/t16-/m1/s1. The molecule has 25 heavy (non-hydrogen) atoms. The first-order chi connectivity index (χ1) is 12.0. The van der Waals surface area contributed by atoms with E-state index < -0.39 is 0 Å². The Hall–Kier alpha value is -1.75. The molecule has 1 saturated heterocycles. The van der Waals surface area contributed by atoms with Crippen LogP contribution in [0.25, 0.3) is 0 Å². The average molecular weight is 348 g/mol. The number of amides is 2.